The smallest absolute Gasteiger partial charge is 0.228 e. The fraction of sp³-hybridized carbons (Fsp3) is 0.348. The quantitative estimate of drug-likeness (QED) is 0.733. The van der Waals surface area contributed by atoms with Crippen LogP contribution in [0.1, 0.15) is 36.0 Å². The third kappa shape index (κ3) is 3.20. The van der Waals surface area contributed by atoms with E-state index in [0.717, 1.165) is 48.2 Å². The Morgan fingerprint density at radius 3 is 2.70 bits per heavy atom. The van der Waals surface area contributed by atoms with Gasteiger partial charge in [-0.05, 0) is 73.6 Å². The number of nitrogens with one attached hydrogen (secondary N) is 1. The minimum absolute atomic E-state index is 0.00299. The largest absolute Gasteiger partial charge is 0.464 e. The number of furan rings is 1. The summed E-state index contributed by atoms with van der Waals surface area (Å²) in [4.78, 5) is 15.0. The Kier molecular flexibility index (Phi) is 4.12. The third-order valence-electron chi connectivity index (χ3n) is 5.82. The van der Waals surface area contributed by atoms with Crippen LogP contribution in [0.15, 0.2) is 47.1 Å². The van der Waals surface area contributed by atoms with Gasteiger partial charge in [-0.2, -0.15) is 0 Å². The van der Waals surface area contributed by atoms with Crippen LogP contribution < -0.4 is 10.2 Å². The van der Waals surface area contributed by atoms with Crippen molar-refractivity contribution in [2.24, 2.45) is 0 Å². The molecule has 1 amide bonds. The molecule has 3 aromatic rings. The van der Waals surface area contributed by atoms with E-state index in [9.17, 15) is 4.79 Å². The molecule has 2 aliphatic rings. The molecule has 0 spiro atoms. The van der Waals surface area contributed by atoms with Crippen LogP contribution >= 0.6 is 0 Å². The zero-order valence-electron chi connectivity index (χ0n) is 15.5. The minimum Gasteiger partial charge on any atom is -0.464 e. The summed E-state index contributed by atoms with van der Waals surface area (Å²) in [6.07, 6.45) is 8.03. The van der Waals surface area contributed by atoms with Gasteiger partial charge in [-0.25, -0.2) is 0 Å². The molecule has 1 aliphatic heterocycles. The maximum atomic E-state index is 12.6. The molecule has 4 heteroatoms. The van der Waals surface area contributed by atoms with Gasteiger partial charge in [0.2, 0.25) is 5.91 Å². The molecule has 1 aromatic heterocycles. The van der Waals surface area contributed by atoms with Crippen molar-refractivity contribution in [3.05, 3.63) is 59.4 Å². The molecule has 0 atom stereocenters. The fourth-order valence-electron chi connectivity index (χ4n) is 4.42. The highest BCUT2D eigenvalue weighted by Gasteiger charge is 2.17. The summed E-state index contributed by atoms with van der Waals surface area (Å²) in [6, 6.07) is 12.5. The molecule has 138 valence electrons. The molecule has 4 nitrogen and oxygen atoms in total. The van der Waals surface area contributed by atoms with Crippen molar-refractivity contribution in [2.75, 3.05) is 23.3 Å². The standard InChI is InChI=1S/C23H24N2O2/c26-23(24-19-7-4-8-20(14-19)25-9-1-2-10-25)13-18-15-27-22-12-17-6-3-5-16(17)11-21(18)22/h4,7-8,11-12,14-15H,1-3,5-6,9-10,13H2,(H,24,26). The second kappa shape index (κ2) is 6.76. The monoisotopic (exact) mass is 360 g/mol. The van der Waals surface area contributed by atoms with E-state index in [1.54, 1.807) is 6.26 Å². The van der Waals surface area contributed by atoms with Gasteiger partial charge in [0.15, 0.2) is 0 Å². The third-order valence-corrected chi connectivity index (χ3v) is 5.82. The van der Waals surface area contributed by atoms with Gasteiger partial charge < -0.3 is 14.6 Å². The van der Waals surface area contributed by atoms with Gasteiger partial charge in [-0.3, -0.25) is 4.79 Å². The van der Waals surface area contributed by atoms with Crippen molar-refractivity contribution in [2.45, 2.75) is 38.5 Å². The minimum atomic E-state index is -0.00299. The highest BCUT2D eigenvalue weighted by atomic mass is 16.3. The highest BCUT2D eigenvalue weighted by molar-refractivity contribution is 5.96. The fourth-order valence-corrected chi connectivity index (χ4v) is 4.42. The molecule has 1 N–H and O–H groups in total. The SMILES string of the molecule is O=C(Cc1coc2cc3c(cc12)CCC3)Nc1cccc(N2CCCC2)c1. The van der Waals surface area contributed by atoms with Crippen LogP contribution in [0.25, 0.3) is 11.0 Å². The maximum absolute atomic E-state index is 12.6. The molecule has 0 radical (unpaired) electrons. The van der Waals surface area contributed by atoms with E-state index in [4.69, 9.17) is 4.42 Å². The van der Waals surface area contributed by atoms with Gasteiger partial charge in [-0.1, -0.05) is 6.07 Å². The van der Waals surface area contributed by atoms with Gasteiger partial charge in [0, 0.05) is 35.4 Å². The van der Waals surface area contributed by atoms with E-state index >= 15 is 0 Å². The topological polar surface area (TPSA) is 45.5 Å². The van der Waals surface area contributed by atoms with Crippen molar-refractivity contribution in [3.63, 3.8) is 0 Å². The summed E-state index contributed by atoms with van der Waals surface area (Å²) >= 11 is 0. The van der Waals surface area contributed by atoms with Gasteiger partial charge in [-0.15, -0.1) is 0 Å². The molecule has 0 bridgehead atoms. The summed E-state index contributed by atoms with van der Waals surface area (Å²) in [5.41, 5.74) is 6.71. The van der Waals surface area contributed by atoms with Crippen LogP contribution in [0.3, 0.4) is 0 Å². The summed E-state index contributed by atoms with van der Waals surface area (Å²) < 4.78 is 5.73. The predicted octanol–water partition coefficient (Wildman–Crippen LogP) is 4.70. The lowest BCUT2D eigenvalue weighted by molar-refractivity contribution is -0.115. The molecule has 1 fully saturated rings. The number of hydrogen-bond donors (Lipinski definition) is 1. The lowest BCUT2D eigenvalue weighted by Crippen LogP contribution is -2.18. The number of amides is 1. The van der Waals surface area contributed by atoms with Crippen molar-refractivity contribution in [3.8, 4) is 0 Å². The molecule has 27 heavy (non-hydrogen) atoms. The van der Waals surface area contributed by atoms with Crippen LogP contribution in [-0.4, -0.2) is 19.0 Å². The Labute approximate surface area is 159 Å². The van der Waals surface area contributed by atoms with E-state index in [-0.39, 0.29) is 5.91 Å². The average molecular weight is 360 g/mol. The molecule has 2 heterocycles. The zero-order chi connectivity index (χ0) is 18.2. The van der Waals surface area contributed by atoms with E-state index in [1.807, 2.05) is 12.1 Å². The van der Waals surface area contributed by atoms with Crippen molar-refractivity contribution in [1.82, 2.24) is 0 Å². The van der Waals surface area contributed by atoms with Crippen molar-refractivity contribution < 1.29 is 9.21 Å². The number of nitrogens with zero attached hydrogens (tertiary/aromatic N) is 1. The first-order valence-corrected chi connectivity index (χ1v) is 9.93. The average Bonchev–Trinajstić information content (AvgIpc) is 3.41. The number of benzene rings is 2. The number of fused-ring (bicyclic) bond motifs is 2. The number of aryl methyl sites for hydroxylation is 2. The molecule has 1 saturated heterocycles. The van der Waals surface area contributed by atoms with E-state index in [0.29, 0.717) is 6.42 Å². The highest BCUT2D eigenvalue weighted by Crippen LogP contribution is 2.31. The van der Waals surface area contributed by atoms with Gasteiger partial charge in [0.25, 0.3) is 0 Å². The Morgan fingerprint density at radius 1 is 1.04 bits per heavy atom. The summed E-state index contributed by atoms with van der Waals surface area (Å²) in [5.74, 6) is -0.00299. The van der Waals surface area contributed by atoms with E-state index in [2.05, 4.69) is 34.5 Å². The van der Waals surface area contributed by atoms with Gasteiger partial charge in [0.05, 0.1) is 12.7 Å². The van der Waals surface area contributed by atoms with Crippen molar-refractivity contribution >= 4 is 28.3 Å². The first-order chi connectivity index (χ1) is 13.3. The van der Waals surface area contributed by atoms with E-state index in [1.165, 1.54) is 36.1 Å². The number of carbonyl (C=O) groups is 1. The molecule has 5 rings (SSSR count). The number of carbonyl (C=O) groups excluding carboxylic acids is 1. The van der Waals surface area contributed by atoms with Crippen molar-refractivity contribution in [1.29, 1.82) is 0 Å². The molecule has 0 unspecified atom stereocenters. The van der Waals surface area contributed by atoms with Crippen LogP contribution in [-0.2, 0) is 24.1 Å². The number of rotatable bonds is 4. The lowest BCUT2D eigenvalue weighted by Gasteiger charge is -2.18. The Morgan fingerprint density at radius 2 is 1.85 bits per heavy atom. The summed E-state index contributed by atoms with van der Waals surface area (Å²) in [7, 11) is 0. The molecule has 0 saturated carbocycles. The van der Waals surface area contributed by atoms with Crippen LogP contribution in [0.5, 0.6) is 0 Å². The Bertz CT molecular complexity index is 999. The second-order valence-corrected chi connectivity index (χ2v) is 7.70. The van der Waals surface area contributed by atoms with Crippen LogP contribution in [0.2, 0.25) is 0 Å². The normalized spacial score (nSPS) is 16.1. The van der Waals surface area contributed by atoms with Crippen LogP contribution in [0, 0.1) is 0 Å². The first-order valence-electron chi connectivity index (χ1n) is 9.93. The lowest BCUT2D eigenvalue weighted by atomic mass is 10.0. The summed E-state index contributed by atoms with van der Waals surface area (Å²) in [5, 5.41) is 4.13. The zero-order valence-corrected chi connectivity index (χ0v) is 15.5. The molecule has 2 aromatic carbocycles. The Hall–Kier alpha value is -2.75. The number of anilines is 2. The predicted molar refractivity (Wildman–Crippen MR) is 108 cm³/mol. The first kappa shape index (κ1) is 16.4. The Balaban J connectivity index is 1.32. The summed E-state index contributed by atoms with van der Waals surface area (Å²) in [6.45, 7) is 2.20. The van der Waals surface area contributed by atoms with Gasteiger partial charge in [0.1, 0.15) is 5.58 Å². The van der Waals surface area contributed by atoms with Gasteiger partial charge >= 0.3 is 0 Å². The van der Waals surface area contributed by atoms with Crippen LogP contribution in [0.4, 0.5) is 11.4 Å². The molecular formula is C23H24N2O2. The number of hydrogen-bond acceptors (Lipinski definition) is 3. The van der Waals surface area contributed by atoms with E-state index < -0.39 is 0 Å². The molecular weight excluding hydrogens is 336 g/mol. The second-order valence-electron chi connectivity index (χ2n) is 7.70. The molecule has 1 aliphatic carbocycles. The maximum Gasteiger partial charge on any atom is 0.228 e.